The Kier molecular flexibility index (Phi) is 5.39. The molecule has 2 N–H and O–H groups in total. The number of rotatable bonds is 5. The molecule has 0 aromatic heterocycles. The first-order valence-corrected chi connectivity index (χ1v) is 8.49. The number of hydrogen-bond acceptors (Lipinski definition) is 3. The van der Waals surface area contributed by atoms with Crippen molar-refractivity contribution in [1.82, 2.24) is 9.80 Å². The molecule has 3 nitrogen and oxygen atoms in total. The summed E-state index contributed by atoms with van der Waals surface area (Å²) in [6.45, 7) is 6.53. The van der Waals surface area contributed by atoms with Crippen LogP contribution in [0, 0.1) is 0 Å². The van der Waals surface area contributed by atoms with Crippen molar-refractivity contribution >= 4 is 17.2 Å². The molecule has 1 saturated heterocycles. The van der Waals surface area contributed by atoms with E-state index in [0.29, 0.717) is 4.99 Å². The largest absolute Gasteiger partial charge is 0.389 e. The molecule has 0 bridgehead atoms. The van der Waals surface area contributed by atoms with E-state index in [4.69, 9.17) is 18.0 Å². The zero-order chi connectivity index (χ0) is 16.1. The highest BCUT2D eigenvalue weighted by atomic mass is 32.1. The molecule has 0 spiro atoms. The monoisotopic (exact) mass is 325 g/mol. The van der Waals surface area contributed by atoms with E-state index >= 15 is 0 Å². The van der Waals surface area contributed by atoms with Crippen molar-refractivity contribution in [3.05, 3.63) is 71.3 Å². The molecule has 0 atom stereocenters. The molecule has 1 heterocycles. The molecule has 23 heavy (non-hydrogen) atoms. The molecule has 0 amide bonds. The summed E-state index contributed by atoms with van der Waals surface area (Å²) in [5.41, 5.74) is 9.30. The maximum atomic E-state index is 5.64. The molecule has 1 aliphatic rings. The zero-order valence-corrected chi connectivity index (χ0v) is 14.1. The highest BCUT2D eigenvalue weighted by molar-refractivity contribution is 7.80. The fraction of sp³-hybridized carbons (Fsp3) is 0.316. The Labute approximate surface area is 143 Å². The van der Waals surface area contributed by atoms with Crippen LogP contribution in [-0.4, -0.2) is 41.0 Å². The first kappa shape index (κ1) is 16.1. The lowest BCUT2D eigenvalue weighted by molar-refractivity contribution is 0.122. The molecule has 2 aromatic rings. The van der Waals surface area contributed by atoms with Crippen LogP contribution in [-0.2, 0) is 13.1 Å². The Bertz CT molecular complexity index is 631. The lowest BCUT2D eigenvalue weighted by Gasteiger charge is -2.34. The molecule has 3 rings (SSSR count). The standard InChI is InChI=1S/C19H23N3S/c20-19(23)18-8-6-17(7-9-18)15-22-12-10-21(11-13-22)14-16-4-2-1-3-5-16/h1-9H,10-15H2,(H2,20,23). The minimum Gasteiger partial charge on any atom is -0.389 e. The Morgan fingerprint density at radius 3 is 1.74 bits per heavy atom. The van der Waals surface area contributed by atoms with Crippen LogP contribution in [0.1, 0.15) is 16.7 Å². The van der Waals surface area contributed by atoms with E-state index in [0.717, 1.165) is 44.8 Å². The van der Waals surface area contributed by atoms with Gasteiger partial charge in [0.15, 0.2) is 0 Å². The minimum absolute atomic E-state index is 0.464. The first-order valence-electron chi connectivity index (χ1n) is 8.08. The van der Waals surface area contributed by atoms with Gasteiger partial charge in [-0.05, 0) is 11.1 Å². The van der Waals surface area contributed by atoms with Gasteiger partial charge in [-0.25, -0.2) is 0 Å². The van der Waals surface area contributed by atoms with Gasteiger partial charge in [0.25, 0.3) is 0 Å². The van der Waals surface area contributed by atoms with E-state index in [9.17, 15) is 0 Å². The maximum absolute atomic E-state index is 5.64. The summed E-state index contributed by atoms with van der Waals surface area (Å²) < 4.78 is 0. The second-order valence-corrected chi connectivity index (χ2v) is 6.54. The second-order valence-electron chi connectivity index (χ2n) is 6.10. The van der Waals surface area contributed by atoms with Gasteiger partial charge in [-0.2, -0.15) is 0 Å². The van der Waals surface area contributed by atoms with Crippen LogP contribution in [0.4, 0.5) is 0 Å². The average Bonchev–Trinajstić information content (AvgIpc) is 2.58. The molecule has 0 radical (unpaired) electrons. The molecule has 0 unspecified atom stereocenters. The molecular formula is C19H23N3S. The Morgan fingerprint density at radius 2 is 1.26 bits per heavy atom. The lowest BCUT2D eigenvalue weighted by atomic mass is 10.1. The molecule has 1 aliphatic heterocycles. The van der Waals surface area contributed by atoms with Gasteiger partial charge in [-0.3, -0.25) is 9.80 Å². The van der Waals surface area contributed by atoms with E-state index in [1.54, 1.807) is 0 Å². The third-order valence-electron chi connectivity index (χ3n) is 4.36. The quantitative estimate of drug-likeness (QED) is 0.857. The van der Waals surface area contributed by atoms with E-state index in [1.807, 2.05) is 12.1 Å². The zero-order valence-electron chi connectivity index (χ0n) is 13.3. The van der Waals surface area contributed by atoms with Crippen molar-refractivity contribution in [2.75, 3.05) is 26.2 Å². The summed E-state index contributed by atoms with van der Waals surface area (Å²) in [5.74, 6) is 0. The highest BCUT2D eigenvalue weighted by Gasteiger charge is 2.17. The fourth-order valence-electron chi connectivity index (χ4n) is 2.98. The maximum Gasteiger partial charge on any atom is 0.103 e. The summed E-state index contributed by atoms with van der Waals surface area (Å²) in [4.78, 5) is 5.50. The molecule has 2 aromatic carbocycles. The molecule has 0 saturated carbocycles. The van der Waals surface area contributed by atoms with Crippen molar-refractivity contribution in [2.24, 2.45) is 5.73 Å². The predicted octanol–water partition coefficient (Wildman–Crippen LogP) is 2.64. The van der Waals surface area contributed by atoms with Gasteiger partial charge in [-0.1, -0.05) is 66.8 Å². The van der Waals surface area contributed by atoms with Crippen molar-refractivity contribution in [1.29, 1.82) is 0 Å². The van der Waals surface area contributed by atoms with Crippen LogP contribution < -0.4 is 5.73 Å². The summed E-state index contributed by atoms with van der Waals surface area (Å²) in [7, 11) is 0. The number of thiocarbonyl (C=S) groups is 1. The average molecular weight is 325 g/mol. The number of hydrogen-bond donors (Lipinski definition) is 1. The van der Waals surface area contributed by atoms with Crippen LogP contribution in [0.2, 0.25) is 0 Å². The third-order valence-corrected chi connectivity index (χ3v) is 4.59. The SMILES string of the molecule is NC(=S)c1ccc(CN2CCN(Cc3ccccc3)CC2)cc1. The summed E-state index contributed by atoms with van der Waals surface area (Å²) in [6.07, 6.45) is 0. The second kappa shape index (κ2) is 7.68. The van der Waals surface area contributed by atoms with Crippen LogP contribution in [0.3, 0.4) is 0 Å². The van der Waals surface area contributed by atoms with E-state index in [1.165, 1.54) is 11.1 Å². The topological polar surface area (TPSA) is 32.5 Å². The van der Waals surface area contributed by atoms with Crippen molar-refractivity contribution in [2.45, 2.75) is 13.1 Å². The number of benzene rings is 2. The Hall–Kier alpha value is -1.75. The molecule has 0 aliphatic carbocycles. The Morgan fingerprint density at radius 1 is 0.783 bits per heavy atom. The van der Waals surface area contributed by atoms with Crippen LogP contribution in [0.15, 0.2) is 54.6 Å². The van der Waals surface area contributed by atoms with Gasteiger partial charge in [0, 0.05) is 44.8 Å². The van der Waals surface area contributed by atoms with E-state index < -0.39 is 0 Å². The van der Waals surface area contributed by atoms with Gasteiger partial charge in [0.1, 0.15) is 4.99 Å². The molecule has 4 heteroatoms. The fourth-order valence-corrected chi connectivity index (χ4v) is 3.12. The normalized spacial score (nSPS) is 16.3. The minimum atomic E-state index is 0.464. The number of nitrogens with two attached hydrogens (primary N) is 1. The summed E-state index contributed by atoms with van der Waals surface area (Å²) in [6, 6.07) is 19.0. The van der Waals surface area contributed by atoms with Gasteiger partial charge >= 0.3 is 0 Å². The van der Waals surface area contributed by atoms with Gasteiger partial charge in [0.2, 0.25) is 0 Å². The Balaban J connectivity index is 1.48. The van der Waals surface area contributed by atoms with Gasteiger partial charge in [-0.15, -0.1) is 0 Å². The van der Waals surface area contributed by atoms with E-state index in [-0.39, 0.29) is 0 Å². The summed E-state index contributed by atoms with van der Waals surface area (Å²) in [5, 5.41) is 0. The predicted molar refractivity (Wildman–Crippen MR) is 99.3 cm³/mol. The molecule has 120 valence electrons. The van der Waals surface area contributed by atoms with Crippen LogP contribution in [0.5, 0.6) is 0 Å². The smallest absolute Gasteiger partial charge is 0.103 e. The molecular weight excluding hydrogens is 302 g/mol. The van der Waals surface area contributed by atoms with Gasteiger partial charge < -0.3 is 5.73 Å². The van der Waals surface area contributed by atoms with E-state index in [2.05, 4.69) is 52.3 Å². The number of piperazine rings is 1. The van der Waals surface area contributed by atoms with Gasteiger partial charge in [0.05, 0.1) is 0 Å². The molecule has 1 fully saturated rings. The number of nitrogens with zero attached hydrogens (tertiary/aromatic N) is 2. The van der Waals surface area contributed by atoms with Crippen LogP contribution in [0.25, 0.3) is 0 Å². The highest BCUT2D eigenvalue weighted by Crippen LogP contribution is 2.12. The summed E-state index contributed by atoms with van der Waals surface area (Å²) >= 11 is 5.00. The van der Waals surface area contributed by atoms with Crippen molar-refractivity contribution in [3.63, 3.8) is 0 Å². The third kappa shape index (κ3) is 4.61. The van der Waals surface area contributed by atoms with Crippen molar-refractivity contribution in [3.8, 4) is 0 Å². The van der Waals surface area contributed by atoms with Crippen LogP contribution >= 0.6 is 12.2 Å². The first-order chi connectivity index (χ1) is 11.2. The van der Waals surface area contributed by atoms with Crippen molar-refractivity contribution < 1.29 is 0 Å². The lowest BCUT2D eigenvalue weighted by Crippen LogP contribution is -2.45.